The summed E-state index contributed by atoms with van der Waals surface area (Å²) in [5.41, 5.74) is -0.0369. The normalized spacial score (nSPS) is 17.3. The van der Waals surface area contributed by atoms with E-state index in [1.165, 1.54) is 18.3 Å². The van der Waals surface area contributed by atoms with Gasteiger partial charge in [-0.05, 0) is 12.8 Å². The molecule has 19 heavy (non-hydrogen) atoms. The monoisotopic (exact) mass is 267 g/mol. The van der Waals surface area contributed by atoms with Crippen molar-refractivity contribution in [3.05, 3.63) is 28.4 Å². The lowest BCUT2D eigenvalue weighted by Gasteiger charge is -2.31. The average Bonchev–Trinajstić information content (AvgIpc) is 2.42. The molecule has 0 aromatic carbocycles. The van der Waals surface area contributed by atoms with Crippen LogP contribution in [0, 0.1) is 10.1 Å². The van der Waals surface area contributed by atoms with E-state index in [1.807, 2.05) is 0 Å². The molecule has 0 saturated carbocycles. The Morgan fingerprint density at radius 3 is 2.74 bits per heavy atom. The van der Waals surface area contributed by atoms with Crippen LogP contribution >= 0.6 is 0 Å². The first-order valence-electron chi connectivity index (χ1n) is 6.29. The summed E-state index contributed by atoms with van der Waals surface area (Å²) in [6.07, 6.45) is 3.04. The van der Waals surface area contributed by atoms with Gasteiger partial charge in [-0.3, -0.25) is 10.1 Å². The fourth-order valence-electron chi connectivity index (χ4n) is 2.11. The van der Waals surface area contributed by atoms with Crippen LogP contribution in [0.25, 0.3) is 0 Å². The number of piperidine rings is 1. The van der Waals surface area contributed by atoms with Crippen LogP contribution in [0.4, 0.5) is 5.69 Å². The second-order valence-corrected chi connectivity index (χ2v) is 4.49. The lowest BCUT2D eigenvalue weighted by atomic mass is 10.1. The number of aliphatic hydroxyl groups is 1. The highest BCUT2D eigenvalue weighted by atomic mass is 16.6. The number of nitro groups is 1. The summed E-state index contributed by atoms with van der Waals surface area (Å²) in [6.45, 7) is 2.65. The van der Waals surface area contributed by atoms with Gasteiger partial charge in [-0.2, -0.15) is 0 Å². The molecule has 1 aliphatic rings. The summed E-state index contributed by atoms with van der Waals surface area (Å²) in [5, 5.41) is 19.4. The van der Waals surface area contributed by atoms with Crippen LogP contribution in [-0.2, 0) is 0 Å². The molecule has 1 fully saturated rings. The van der Waals surface area contributed by atoms with Gasteiger partial charge in [0.05, 0.1) is 11.5 Å². The number of nitrogens with zero attached hydrogens (tertiary/aromatic N) is 3. The smallest absolute Gasteiger partial charge is 0.287 e. The maximum atomic E-state index is 10.5. The van der Waals surface area contributed by atoms with Crippen LogP contribution in [0.1, 0.15) is 12.8 Å². The average molecular weight is 267 g/mol. The number of hydrogen-bond acceptors (Lipinski definition) is 6. The Kier molecular flexibility index (Phi) is 4.64. The predicted molar refractivity (Wildman–Crippen MR) is 68.1 cm³/mol. The minimum Gasteiger partial charge on any atom is -0.474 e. The van der Waals surface area contributed by atoms with Crippen molar-refractivity contribution in [3.63, 3.8) is 0 Å². The Bertz CT molecular complexity index is 415. The molecule has 0 unspecified atom stereocenters. The van der Waals surface area contributed by atoms with E-state index in [-0.39, 0.29) is 18.4 Å². The maximum Gasteiger partial charge on any atom is 0.287 e. The molecule has 0 bridgehead atoms. The van der Waals surface area contributed by atoms with E-state index in [4.69, 9.17) is 9.84 Å². The summed E-state index contributed by atoms with van der Waals surface area (Å²) in [7, 11) is 0. The van der Waals surface area contributed by atoms with Crippen molar-refractivity contribution in [2.45, 2.75) is 18.9 Å². The van der Waals surface area contributed by atoms with Gasteiger partial charge in [0.2, 0.25) is 5.88 Å². The van der Waals surface area contributed by atoms with E-state index in [1.54, 1.807) is 0 Å². The highest BCUT2D eigenvalue weighted by Gasteiger charge is 2.20. The standard InChI is InChI=1S/C12H17N3O4/c16-8-7-14-5-3-11(4-6-14)19-12-2-1-10(9-13-12)15(17)18/h1-2,9,11,16H,3-8H2. The summed E-state index contributed by atoms with van der Waals surface area (Å²) < 4.78 is 5.69. The molecular weight excluding hydrogens is 250 g/mol. The van der Waals surface area contributed by atoms with E-state index < -0.39 is 4.92 Å². The van der Waals surface area contributed by atoms with Crippen molar-refractivity contribution in [2.24, 2.45) is 0 Å². The van der Waals surface area contributed by atoms with Crippen LogP contribution < -0.4 is 4.74 Å². The predicted octanol–water partition coefficient (Wildman–Crippen LogP) is 0.825. The zero-order valence-corrected chi connectivity index (χ0v) is 10.6. The maximum absolute atomic E-state index is 10.5. The van der Waals surface area contributed by atoms with Gasteiger partial charge >= 0.3 is 0 Å². The summed E-state index contributed by atoms with van der Waals surface area (Å²) in [5.74, 6) is 0.422. The highest BCUT2D eigenvalue weighted by molar-refractivity contribution is 5.28. The molecule has 1 aliphatic heterocycles. The Labute approximate surface area is 111 Å². The molecule has 1 N–H and O–H groups in total. The van der Waals surface area contributed by atoms with Gasteiger partial charge in [0, 0.05) is 31.8 Å². The first kappa shape index (κ1) is 13.7. The van der Waals surface area contributed by atoms with Crippen molar-refractivity contribution in [3.8, 4) is 5.88 Å². The third-order valence-corrected chi connectivity index (χ3v) is 3.17. The molecule has 0 radical (unpaired) electrons. The van der Waals surface area contributed by atoms with Gasteiger partial charge < -0.3 is 14.7 Å². The number of ether oxygens (including phenoxy) is 1. The van der Waals surface area contributed by atoms with Crippen LogP contribution in [0.2, 0.25) is 0 Å². The van der Waals surface area contributed by atoms with Crippen molar-refractivity contribution in [2.75, 3.05) is 26.2 Å². The molecule has 7 heteroatoms. The number of β-amino-alcohol motifs (C(OH)–C–C–N with tert-alkyl or cyclic N) is 1. The first-order valence-corrected chi connectivity index (χ1v) is 6.29. The molecule has 1 aromatic rings. The summed E-state index contributed by atoms with van der Waals surface area (Å²) >= 11 is 0. The number of likely N-dealkylation sites (tertiary alicyclic amines) is 1. The third-order valence-electron chi connectivity index (χ3n) is 3.17. The first-order chi connectivity index (χ1) is 9.19. The molecule has 0 aliphatic carbocycles. The van der Waals surface area contributed by atoms with E-state index in [0.29, 0.717) is 12.4 Å². The molecular formula is C12H17N3O4. The number of hydrogen-bond donors (Lipinski definition) is 1. The topological polar surface area (TPSA) is 88.7 Å². The van der Waals surface area contributed by atoms with Gasteiger partial charge in [0.1, 0.15) is 12.3 Å². The van der Waals surface area contributed by atoms with Crippen molar-refractivity contribution >= 4 is 5.69 Å². The molecule has 2 rings (SSSR count). The van der Waals surface area contributed by atoms with Crippen molar-refractivity contribution in [1.29, 1.82) is 0 Å². The van der Waals surface area contributed by atoms with Gasteiger partial charge in [-0.1, -0.05) is 0 Å². The van der Waals surface area contributed by atoms with E-state index >= 15 is 0 Å². The summed E-state index contributed by atoms with van der Waals surface area (Å²) in [6, 6.07) is 2.92. The van der Waals surface area contributed by atoms with Crippen molar-refractivity contribution in [1.82, 2.24) is 9.88 Å². The molecule has 0 amide bonds. The van der Waals surface area contributed by atoms with Crippen molar-refractivity contribution < 1.29 is 14.8 Å². The fraction of sp³-hybridized carbons (Fsp3) is 0.583. The third kappa shape index (κ3) is 3.87. The van der Waals surface area contributed by atoms with Crippen LogP contribution in [0.3, 0.4) is 0 Å². The Morgan fingerprint density at radius 2 is 2.21 bits per heavy atom. The second-order valence-electron chi connectivity index (χ2n) is 4.49. The molecule has 7 nitrogen and oxygen atoms in total. The summed E-state index contributed by atoms with van der Waals surface area (Å²) in [4.78, 5) is 16.1. The molecule has 0 atom stereocenters. The Morgan fingerprint density at radius 1 is 1.47 bits per heavy atom. The van der Waals surface area contributed by atoms with Gasteiger partial charge in [0.25, 0.3) is 5.69 Å². The lowest BCUT2D eigenvalue weighted by Crippen LogP contribution is -2.39. The largest absolute Gasteiger partial charge is 0.474 e. The molecule has 104 valence electrons. The zero-order chi connectivity index (χ0) is 13.7. The lowest BCUT2D eigenvalue weighted by molar-refractivity contribution is -0.385. The number of rotatable bonds is 5. The van der Waals surface area contributed by atoms with Gasteiger partial charge in [-0.15, -0.1) is 0 Å². The minimum atomic E-state index is -0.482. The number of pyridine rings is 1. The van der Waals surface area contributed by atoms with Crippen LogP contribution in [0.5, 0.6) is 5.88 Å². The SMILES string of the molecule is O=[N+]([O-])c1ccc(OC2CCN(CCO)CC2)nc1. The molecule has 1 aromatic heterocycles. The van der Waals surface area contributed by atoms with Gasteiger partial charge in [-0.25, -0.2) is 4.98 Å². The quantitative estimate of drug-likeness (QED) is 0.627. The molecule has 0 spiro atoms. The Balaban J connectivity index is 1.83. The van der Waals surface area contributed by atoms with E-state index in [2.05, 4.69) is 9.88 Å². The van der Waals surface area contributed by atoms with Gasteiger partial charge in [0.15, 0.2) is 0 Å². The molecule has 1 saturated heterocycles. The minimum absolute atomic E-state index is 0.0369. The fourth-order valence-corrected chi connectivity index (χ4v) is 2.11. The molecule has 2 heterocycles. The number of aliphatic hydroxyl groups excluding tert-OH is 1. The Hall–Kier alpha value is -1.73. The van der Waals surface area contributed by atoms with E-state index in [0.717, 1.165) is 25.9 Å². The second kappa shape index (κ2) is 6.44. The van der Waals surface area contributed by atoms with Crippen LogP contribution in [-0.4, -0.2) is 52.3 Å². The number of aromatic nitrogens is 1. The zero-order valence-electron chi connectivity index (χ0n) is 10.6. The highest BCUT2D eigenvalue weighted by Crippen LogP contribution is 2.19. The van der Waals surface area contributed by atoms with E-state index in [9.17, 15) is 10.1 Å². The van der Waals surface area contributed by atoms with Crippen LogP contribution in [0.15, 0.2) is 18.3 Å².